The Balaban J connectivity index is 0.983. The molecule has 4 aromatic carbocycles. The SMILES string of the molecule is O=C1N2Cc3cc4c5cc3CN3C(=O)N6Cc7c(ccc8c7OCCOc7c9nc(c(c%10ccc([nH]%10)c(c%10nc(c(c%11ccc7[nH]%11)OCCO8)C=C%10)OCCO5)OCCO4)C=C9)CN1C6(c1ccccc1)C23c1ccccc1. The van der Waals surface area contributed by atoms with Gasteiger partial charge in [-0.25, -0.2) is 19.6 Å². The minimum absolute atomic E-state index is 0.0528. The van der Waals surface area contributed by atoms with Crippen LogP contribution in [0, 0.1) is 0 Å². The van der Waals surface area contributed by atoms with Gasteiger partial charge in [-0.1, -0.05) is 66.7 Å². The predicted octanol–water partition coefficient (Wildman–Crippen LogP) is 9.34. The number of nitrogens with one attached hydrogen (secondary N) is 2. The molecular formula is C60H48N8O10. The van der Waals surface area contributed by atoms with Crippen molar-refractivity contribution in [2.24, 2.45) is 0 Å². The molecule has 0 aliphatic carbocycles. The van der Waals surface area contributed by atoms with E-state index < -0.39 is 11.3 Å². The molecule has 18 nitrogen and oxygen atoms in total. The van der Waals surface area contributed by atoms with Gasteiger partial charge in [-0.3, -0.25) is 19.6 Å². The number of fused-ring (bicyclic) bond motifs is 13. The smallest absolute Gasteiger partial charge is 0.325 e. The summed E-state index contributed by atoms with van der Waals surface area (Å²) in [6, 6.07) is 34.8. The van der Waals surface area contributed by atoms with Gasteiger partial charge in [0.2, 0.25) is 0 Å². The quantitative estimate of drug-likeness (QED) is 0.168. The molecule has 8 aliphatic rings. The van der Waals surface area contributed by atoms with Gasteiger partial charge in [0.05, 0.1) is 48.2 Å². The molecule has 12 bridgehead atoms. The molecule has 2 unspecified atom stereocenters. The van der Waals surface area contributed by atoms with E-state index in [-0.39, 0.29) is 91.1 Å². The molecule has 8 aliphatic heterocycles. The Kier molecular flexibility index (Phi) is 9.72. The number of ether oxygens (including phenoxy) is 8. The highest BCUT2D eigenvalue weighted by molar-refractivity contribution is 5.92. The molecule has 18 heteroatoms. The van der Waals surface area contributed by atoms with Gasteiger partial charge in [0.15, 0.2) is 57.3 Å². The molecule has 0 radical (unpaired) electrons. The van der Waals surface area contributed by atoms with Crippen LogP contribution in [-0.4, -0.2) is 104 Å². The summed E-state index contributed by atoms with van der Waals surface area (Å²) in [4.78, 5) is 57.6. The van der Waals surface area contributed by atoms with E-state index >= 15 is 9.59 Å². The van der Waals surface area contributed by atoms with Gasteiger partial charge in [0.1, 0.15) is 75.6 Å². The highest BCUT2D eigenvalue weighted by Crippen LogP contribution is 2.66. The molecule has 3 aromatic heterocycles. The number of H-pyrrole nitrogens is 2. The highest BCUT2D eigenvalue weighted by atomic mass is 16.6. The maximum Gasteiger partial charge on any atom is 0.325 e. The van der Waals surface area contributed by atoms with E-state index in [0.29, 0.717) is 96.4 Å². The molecule has 0 spiro atoms. The van der Waals surface area contributed by atoms with E-state index in [2.05, 4.69) is 9.97 Å². The summed E-state index contributed by atoms with van der Waals surface area (Å²) in [6.45, 7) is 1.20. The van der Waals surface area contributed by atoms with Gasteiger partial charge in [0.25, 0.3) is 0 Å². The summed E-state index contributed by atoms with van der Waals surface area (Å²) in [6.07, 6.45) is 7.61. The predicted molar refractivity (Wildman–Crippen MR) is 285 cm³/mol. The van der Waals surface area contributed by atoms with Crippen LogP contribution in [0.2, 0.25) is 0 Å². The largest absolute Gasteiger partial charge is 0.486 e. The number of aromatic amines is 2. The summed E-state index contributed by atoms with van der Waals surface area (Å²) < 4.78 is 54.0. The second-order valence-corrected chi connectivity index (χ2v) is 20.2. The number of hydrogen-bond acceptors (Lipinski definition) is 12. The number of benzene rings is 4. The van der Waals surface area contributed by atoms with Crippen LogP contribution in [0.25, 0.3) is 46.4 Å². The number of aromatic nitrogens is 4. The Morgan fingerprint density at radius 2 is 0.731 bits per heavy atom. The van der Waals surface area contributed by atoms with E-state index in [1.165, 1.54) is 0 Å². The summed E-state index contributed by atoms with van der Waals surface area (Å²) in [5.41, 5.74) is 6.55. The van der Waals surface area contributed by atoms with Crippen molar-refractivity contribution in [3.8, 4) is 46.0 Å². The Hall–Kier alpha value is -9.58. The maximum atomic E-state index is 16.4. The molecule has 78 heavy (non-hydrogen) atoms. The average Bonchev–Trinajstić information content (AvgIpc) is 3.28. The molecule has 11 heterocycles. The lowest BCUT2D eigenvalue weighted by Gasteiger charge is -2.49. The van der Waals surface area contributed by atoms with Crippen LogP contribution in [0.3, 0.4) is 0 Å². The zero-order valence-electron chi connectivity index (χ0n) is 42.0. The van der Waals surface area contributed by atoms with Crippen LogP contribution in [-0.2, 0) is 37.5 Å². The average molecular weight is 1040 g/mol. The number of urea groups is 2. The monoisotopic (exact) mass is 1040 g/mol. The van der Waals surface area contributed by atoms with Gasteiger partial charge < -0.3 is 47.9 Å². The fourth-order valence-electron chi connectivity index (χ4n) is 12.9. The van der Waals surface area contributed by atoms with E-state index in [1.54, 1.807) is 0 Å². The Bertz CT molecular complexity index is 3910. The van der Waals surface area contributed by atoms with Crippen molar-refractivity contribution < 1.29 is 47.5 Å². The summed E-state index contributed by atoms with van der Waals surface area (Å²) in [7, 11) is 0. The van der Waals surface area contributed by atoms with Crippen molar-refractivity contribution >= 4 is 58.4 Å². The topological polar surface area (TPSA) is 178 Å². The maximum absolute atomic E-state index is 16.4. The minimum atomic E-state index is -1.43. The van der Waals surface area contributed by atoms with Crippen LogP contribution < -0.4 is 37.9 Å². The summed E-state index contributed by atoms with van der Waals surface area (Å²) in [5, 5.41) is 0. The lowest BCUT2D eigenvalue weighted by atomic mass is 9.79. The third kappa shape index (κ3) is 6.30. The van der Waals surface area contributed by atoms with Crippen LogP contribution in [0.1, 0.15) is 56.2 Å². The second kappa shape index (κ2) is 17.0. The zero-order valence-corrected chi connectivity index (χ0v) is 42.0. The molecule has 388 valence electrons. The van der Waals surface area contributed by atoms with Crippen LogP contribution in [0.15, 0.2) is 109 Å². The first kappa shape index (κ1) is 44.7. The van der Waals surface area contributed by atoms with Gasteiger partial charge in [-0.2, -0.15) is 0 Å². The van der Waals surface area contributed by atoms with Crippen molar-refractivity contribution in [3.63, 3.8) is 0 Å². The van der Waals surface area contributed by atoms with Crippen molar-refractivity contribution in [3.05, 3.63) is 165 Å². The summed E-state index contributed by atoms with van der Waals surface area (Å²) >= 11 is 0. The lowest BCUT2D eigenvalue weighted by Crippen LogP contribution is -2.62. The van der Waals surface area contributed by atoms with E-state index in [1.807, 2.05) is 153 Å². The summed E-state index contributed by atoms with van der Waals surface area (Å²) in [5.74, 6) is 3.61. The zero-order chi connectivity index (χ0) is 51.7. The van der Waals surface area contributed by atoms with E-state index in [9.17, 15) is 0 Å². The fraction of sp³-hybridized carbons (Fsp3) is 0.233. The first-order valence-corrected chi connectivity index (χ1v) is 26.2. The van der Waals surface area contributed by atoms with Crippen LogP contribution >= 0.6 is 0 Å². The molecule has 2 saturated heterocycles. The Morgan fingerprint density at radius 3 is 1.15 bits per heavy atom. The van der Waals surface area contributed by atoms with Gasteiger partial charge in [-0.05, 0) is 83.5 Å². The first-order valence-electron chi connectivity index (χ1n) is 26.2. The highest BCUT2D eigenvalue weighted by Gasteiger charge is 2.80. The number of hydrogen-bond donors (Lipinski definition) is 2. The number of carbonyl (C=O) groups excluding carboxylic acids is 2. The van der Waals surface area contributed by atoms with Crippen LogP contribution in [0.4, 0.5) is 9.59 Å². The van der Waals surface area contributed by atoms with Crippen LogP contribution in [0.5, 0.6) is 46.0 Å². The number of nitrogens with zero attached hydrogens (tertiary/aromatic N) is 6. The van der Waals surface area contributed by atoms with Crippen molar-refractivity contribution in [2.75, 3.05) is 52.9 Å². The molecule has 2 fully saturated rings. The Labute approximate surface area is 445 Å². The third-order valence-corrected chi connectivity index (χ3v) is 16.1. The number of carbonyl (C=O) groups is 2. The molecule has 0 saturated carbocycles. The molecule has 7 aromatic rings. The van der Waals surface area contributed by atoms with Crippen molar-refractivity contribution in [1.82, 2.24) is 39.5 Å². The van der Waals surface area contributed by atoms with Crippen molar-refractivity contribution in [1.29, 1.82) is 0 Å². The minimum Gasteiger partial charge on any atom is -0.486 e. The molecule has 2 atom stereocenters. The number of amides is 4. The van der Waals surface area contributed by atoms with Gasteiger partial charge in [0, 0.05) is 16.7 Å². The van der Waals surface area contributed by atoms with E-state index in [0.717, 1.165) is 27.8 Å². The molecule has 4 amide bonds. The third-order valence-electron chi connectivity index (χ3n) is 16.1. The van der Waals surface area contributed by atoms with Crippen molar-refractivity contribution in [2.45, 2.75) is 37.5 Å². The normalized spacial score (nSPS) is 21.2. The lowest BCUT2D eigenvalue weighted by molar-refractivity contribution is -0.0794. The van der Waals surface area contributed by atoms with Gasteiger partial charge >= 0.3 is 12.1 Å². The standard InChI is InChI=1S/C60H48N8O10/c69-57-65-31-35-11-20-49-52-40(35)34-68-58(70)67-33-37-30-51-50(29-36(37)32-66(57)59(67,38-7-3-1-4-8-38)60(65,68)39-9-5-2-6-10-39)72-22-25-77-55-45-15-14-44(62-45)54(76-26-23-73-51)43-13-12-41(61-43)53(75-24-21-71-49)42-16-18-47(63-42)56(78-28-27-74-52)48-19-17-46(55)64-48/h1-20,29-30,62-63H,21-28,31-34H2. The van der Waals surface area contributed by atoms with Gasteiger partial charge in [-0.15, -0.1) is 0 Å². The molecule has 15 rings (SSSR count). The second-order valence-electron chi connectivity index (χ2n) is 20.2. The molecule has 2 N–H and O–H groups in total. The molecular weight excluding hydrogens is 993 g/mol. The fourth-order valence-corrected chi connectivity index (χ4v) is 12.9. The first-order chi connectivity index (χ1) is 38.4. The Morgan fingerprint density at radius 1 is 0.372 bits per heavy atom. The van der Waals surface area contributed by atoms with E-state index in [4.69, 9.17) is 47.9 Å². The number of rotatable bonds is 2.